The van der Waals surface area contributed by atoms with Gasteiger partial charge < -0.3 is 9.52 Å². The maximum absolute atomic E-state index is 13.7. The van der Waals surface area contributed by atoms with Gasteiger partial charge in [0, 0.05) is 23.5 Å². The van der Waals surface area contributed by atoms with Gasteiger partial charge in [-0.2, -0.15) is 0 Å². The molecule has 188 valence electrons. The van der Waals surface area contributed by atoms with Crippen molar-refractivity contribution in [1.82, 2.24) is 15.2 Å². The van der Waals surface area contributed by atoms with Crippen LogP contribution in [-0.4, -0.2) is 32.0 Å². The summed E-state index contributed by atoms with van der Waals surface area (Å²) in [5.41, 5.74) is 3.32. The molecule has 0 radical (unpaired) electrons. The number of aryl methyl sites for hydroxylation is 1. The van der Waals surface area contributed by atoms with E-state index in [1.54, 1.807) is 42.7 Å². The van der Waals surface area contributed by atoms with Gasteiger partial charge in [0.15, 0.2) is 15.9 Å². The zero-order valence-corrected chi connectivity index (χ0v) is 21.7. The lowest BCUT2D eigenvalue weighted by atomic mass is 9.96. The van der Waals surface area contributed by atoms with E-state index in [9.17, 15) is 14.7 Å². The molecule has 8 nitrogen and oxygen atoms in total. The monoisotopic (exact) mass is 540 g/mol. The molecule has 0 saturated carbocycles. The fourth-order valence-electron chi connectivity index (χ4n) is 4.30. The number of rotatable bonds is 7. The first-order valence-corrected chi connectivity index (χ1v) is 13.5. The van der Waals surface area contributed by atoms with Gasteiger partial charge in [0.2, 0.25) is 10.9 Å². The van der Waals surface area contributed by atoms with Crippen LogP contribution in [0.2, 0.25) is 0 Å². The smallest absolute Gasteiger partial charge is 0.296 e. The lowest BCUT2D eigenvalue weighted by Gasteiger charge is -2.23. The van der Waals surface area contributed by atoms with E-state index in [1.165, 1.54) is 33.6 Å². The second-order valence-corrected chi connectivity index (χ2v) is 10.9. The first kappa shape index (κ1) is 24.1. The van der Waals surface area contributed by atoms with Crippen LogP contribution in [-0.2, 0) is 10.5 Å². The summed E-state index contributed by atoms with van der Waals surface area (Å²) in [4.78, 5) is 32.5. The number of carbonyl (C=O) groups excluding carboxylic acids is 2. The summed E-state index contributed by atoms with van der Waals surface area (Å²) in [5.74, 6) is -1.24. The Kier molecular flexibility index (Phi) is 6.26. The second kappa shape index (κ2) is 9.88. The summed E-state index contributed by atoms with van der Waals surface area (Å²) >= 11 is 2.72. The number of hydrogen-bond acceptors (Lipinski definition) is 9. The number of anilines is 1. The van der Waals surface area contributed by atoms with Crippen molar-refractivity contribution in [2.24, 2.45) is 0 Å². The molecule has 1 aliphatic rings. The molecule has 2 aromatic carbocycles. The minimum atomic E-state index is -0.945. The van der Waals surface area contributed by atoms with E-state index >= 15 is 0 Å². The largest absolute Gasteiger partial charge is 0.503 e. The summed E-state index contributed by atoms with van der Waals surface area (Å²) in [6.07, 6.45) is 3.16. The highest BCUT2D eigenvalue weighted by atomic mass is 32.2. The molecule has 4 heterocycles. The van der Waals surface area contributed by atoms with Gasteiger partial charge in [-0.15, -0.1) is 10.2 Å². The molecule has 1 atom stereocenters. The fourth-order valence-corrected chi connectivity index (χ4v) is 6.13. The van der Waals surface area contributed by atoms with E-state index < -0.39 is 23.5 Å². The van der Waals surface area contributed by atoms with Gasteiger partial charge in [-0.1, -0.05) is 77.2 Å². The number of fused-ring (bicyclic) bond motifs is 1. The topological polar surface area (TPSA) is 109 Å². The molecule has 0 fully saturated rings. The zero-order chi connectivity index (χ0) is 26.2. The summed E-state index contributed by atoms with van der Waals surface area (Å²) in [5, 5.41) is 20.5. The third kappa shape index (κ3) is 4.37. The van der Waals surface area contributed by atoms with Gasteiger partial charge in [-0.25, -0.2) is 0 Å². The lowest BCUT2D eigenvalue weighted by molar-refractivity contribution is -0.117. The standard InChI is InChI=1S/C28H20N4O4S2/c1-16-8-10-17(11-9-16)15-37-28-31-30-27(38-28)32-23(19-6-4-12-29-14-19)22(25(34)26(32)35)24(33)21-13-18-5-2-3-7-20(18)36-21/h2-14,23,34H,15H2,1H3. The normalized spacial score (nSPS) is 15.6. The number of amides is 1. The van der Waals surface area contributed by atoms with Crippen LogP contribution in [0, 0.1) is 6.92 Å². The van der Waals surface area contributed by atoms with Gasteiger partial charge in [0.25, 0.3) is 5.91 Å². The van der Waals surface area contributed by atoms with E-state index in [0.717, 1.165) is 10.9 Å². The minimum Gasteiger partial charge on any atom is -0.503 e. The van der Waals surface area contributed by atoms with Crippen LogP contribution in [0.15, 0.2) is 99.2 Å². The van der Waals surface area contributed by atoms with Crippen molar-refractivity contribution in [3.63, 3.8) is 0 Å². The Morgan fingerprint density at radius 1 is 1.11 bits per heavy atom. The number of thioether (sulfide) groups is 1. The third-order valence-electron chi connectivity index (χ3n) is 6.19. The average molecular weight is 541 g/mol. The van der Waals surface area contributed by atoms with Crippen LogP contribution < -0.4 is 4.90 Å². The quantitative estimate of drug-likeness (QED) is 0.151. The number of Topliss-reactive ketones (excluding diaryl/α,β-unsaturated/α-hetero) is 1. The van der Waals surface area contributed by atoms with Gasteiger partial charge in [0.05, 0.1) is 11.6 Å². The molecule has 10 heteroatoms. The molecule has 5 aromatic rings. The SMILES string of the molecule is Cc1ccc(CSc2nnc(N3C(=O)C(O)=C(C(=O)c4cc5ccccc5o4)C3c3cccnc3)s2)cc1. The molecular formula is C28H20N4O4S2. The highest BCUT2D eigenvalue weighted by Gasteiger charge is 2.47. The molecular weight excluding hydrogens is 520 g/mol. The molecule has 6 rings (SSSR count). The molecule has 0 saturated heterocycles. The zero-order valence-electron chi connectivity index (χ0n) is 20.1. The average Bonchev–Trinajstić information content (AvgIpc) is 3.65. The van der Waals surface area contributed by atoms with Crippen LogP contribution >= 0.6 is 23.1 Å². The molecule has 0 aliphatic carbocycles. The molecule has 1 amide bonds. The molecule has 38 heavy (non-hydrogen) atoms. The van der Waals surface area contributed by atoms with Crippen molar-refractivity contribution in [2.45, 2.75) is 23.1 Å². The Labute approximate surface area is 225 Å². The van der Waals surface area contributed by atoms with Gasteiger partial charge in [-0.05, 0) is 36.2 Å². The number of aliphatic hydroxyl groups is 1. The second-order valence-electron chi connectivity index (χ2n) is 8.73. The summed E-state index contributed by atoms with van der Waals surface area (Å²) in [6, 6.07) is 19.6. The highest BCUT2D eigenvalue weighted by molar-refractivity contribution is 8.00. The van der Waals surface area contributed by atoms with Crippen molar-refractivity contribution in [1.29, 1.82) is 0 Å². The number of furan rings is 1. The van der Waals surface area contributed by atoms with Crippen LogP contribution in [0.4, 0.5) is 5.13 Å². The molecule has 1 unspecified atom stereocenters. The molecule has 1 aliphatic heterocycles. The molecule has 0 bridgehead atoms. The van der Waals surface area contributed by atoms with Crippen LogP contribution in [0.25, 0.3) is 11.0 Å². The van der Waals surface area contributed by atoms with Crippen molar-refractivity contribution in [3.05, 3.63) is 113 Å². The van der Waals surface area contributed by atoms with E-state index in [2.05, 4.69) is 39.4 Å². The van der Waals surface area contributed by atoms with Gasteiger partial charge in [-0.3, -0.25) is 19.5 Å². The highest BCUT2D eigenvalue weighted by Crippen LogP contribution is 2.44. The summed E-state index contributed by atoms with van der Waals surface area (Å²) in [6.45, 7) is 2.04. The van der Waals surface area contributed by atoms with E-state index in [-0.39, 0.29) is 16.5 Å². The Hall–Kier alpha value is -4.28. The molecule has 0 spiro atoms. The summed E-state index contributed by atoms with van der Waals surface area (Å²) in [7, 11) is 0. The first-order valence-electron chi connectivity index (χ1n) is 11.7. The van der Waals surface area contributed by atoms with Crippen molar-refractivity contribution in [3.8, 4) is 0 Å². The number of para-hydroxylation sites is 1. The van der Waals surface area contributed by atoms with E-state index in [0.29, 0.717) is 21.2 Å². The summed E-state index contributed by atoms with van der Waals surface area (Å²) < 4.78 is 6.43. The number of nitrogens with zero attached hydrogens (tertiary/aromatic N) is 4. The predicted octanol–water partition coefficient (Wildman–Crippen LogP) is 6.06. The van der Waals surface area contributed by atoms with E-state index in [4.69, 9.17) is 4.42 Å². The Balaban J connectivity index is 1.34. The van der Waals surface area contributed by atoms with E-state index in [1.807, 2.05) is 19.1 Å². The van der Waals surface area contributed by atoms with Crippen LogP contribution in [0.1, 0.15) is 33.3 Å². The number of carbonyl (C=O) groups is 2. The van der Waals surface area contributed by atoms with Crippen molar-refractivity contribution >= 4 is 50.9 Å². The van der Waals surface area contributed by atoms with Crippen LogP contribution in [0.3, 0.4) is 0 Å². The number of benzene rings is 2. The number of aromatic nitrogens is 3. The van der Waals surface area contributed by atoms with Gasteiger partial charge >= 0.3 is 0 Å². The fraction of sp³-hybridized carbons (Fsp3) is 0.107. The Bertz CT molecular complexity index is 1660. The number of aliphatic hydroxyl groups excluding tert-OH is 1. The number of hydrogen-bond donors (Lipinski definition) is 1. The number of pyridine rings is 1. The van der Waals surface area contributed by atoms with Crippen molar-refractivity contribution in [2.75, 3.05) is 4.90 Å². The number of ketones is 1. The predicted molar refractivity (Wildman–Crippen MR) is 145 cm³/mol. The van der Waals surface area contributed by atoms with Crippen molar-refractivity contribution < 1.29 is 19.1 Å². The lowest BCUT2D eigenvalue weighted by Crippen LogP contribution is -2.31. The van der Waals surface area contributed by atoms with Gasteiger partial charge in [0.1, 0.15) is 5.58 Å². The maximum atomic E-state index is 13.7. The minimum absolute atomic E-state index is 0.0305. The third-order valence-corrected chi connectivity index (χ3v) is 8.31. The maximum Gasteiger partial charge on any atom is 0.296 e. The Morgan fingerprint density at radius 2 is 1.92 bits per heavy atom. The molecule has 3 aromatic heterocycles. The Morgan fingerprint density at radius 3 is 2.68 bits per heavy atom. The first-order chi connectivity index (χ1) is 18.5. The van der Waals surface area contributed by atoms with Crippen LogP contribution in [0.5, 0.6) is 0 Å². The molecule has 1 N–H and O–H groups in total.